The molecule has 3 rings (SSSR count). The molecule has 0 aliphatic heterocycles. The fraction of sp³-hybridized carbons (Fsp3) is 0.375. The number of hydrogen-bond acceptors (Lipinski definition) is 1. The van der Waals surface area contributed by atoms with Gasteiger partial charge in [0.05, 0.1) is 5.38 Å². The molecule has 0 amide bonds. The van der Waals surface area contributed by atoms with Crippen molar-refractivity contribution in [2.75, 3.05) is 0 Å². The van der Waals surface area contributed by atoms with Crippen LogP contribution in [0.5, 0.6) is 0 Å². The number of thiophene rings is 1. The van der Waals surface area contributed by atoms with Gasteiger partial charge in [-0.25, -0.2) is 0 Å². The molecule has 1 aliphatic carbocycles. The van der Waals surface area contributed by atoms with E-state index in [0.29, 0.717) is 0 Å². The van der Waals surface area contributed by atoms with Crippen molar-refractivity contribution in [2.24, 2.45) is 0 Å². The number of benzene rings is 1. The molecular weight excluding hydrogens is 260 g/mol. The lowest BCUT2D eigenvalue weighted by Crippen LogP contribution is -1.92. The molecule has 1 aliphatic rings. The summed E-state index contributed by atoms with van der Waals surface area (Å²) >= 11 is 8.54. The minimum atomic E-state index is 0.0138. The summed E-state index contributed by atoms with van der Waals surface area (Å²) in [6, 6.07) is 8.86. The minimum Gasteiger partial charge on any atom is -0.143 e. The average molecular weight is 277 g/mol. The van der Waals surface area contributed by atoms with Crippen LogP contribution in [0, 0.1) is 13.8 Å². The summed E-state index contributed by atoms with van der Waals surface area (Å²) in [5, 5.41) is 0.0138. The van der Waals surface area contributed by atoms with E-state index >= 15 is 0 Å². The molecule has 1 aromatic carbocycles. The van der Waals surface area contributed by atoms with Crippen LogP contribution in [0.25, 0.3) is 0 Å². The van der Waals surface area contributed by atoms with Crippen LogP contribution in [0.2, 0.25) is 0 Å². The van der Waals surface area contributed by atoms with Gasteiger partial charge in [-0.1, -0.05) is 18.2 Å². The van der Waals surface area contributed by atoms with Crippen molar-refractivity contribution in [2.45, 2.75) is 38.5 Å². The molecule has 1 unspecified atom stereocenters. The van der Waals surface area contributed by atoms with Gasteiger partial charge in [0.25, 0.3) is 0 Å². The second-order valence-corrected chi connectivity index (χ2v) is 6.76. The molecule has 0 saturated heterocycles. The van der Waals surface area contributed by atoms with E-state index in [1.54, 1.807) is 4.88 Å². The fourth-order valence-electron chi connectivity index (χ4n) is 2.56. The molecule has 2 heteroatoms. The van der Waals surface area contributed by atoms with Crippen molar-refractivity contribution in [1.29, 1.82) is 0 Å². The number of alkyl halides is 1. The highest BCUT2D eigenvalue weighted by molar-refractivity contribution is 7.12. The second kappa shape index (κ2) is 4.71. The third-order valence-corrected chi connectivity index (χ3v) is 5.76. The minimum absolute atomic E-state index is 0.0138. The third-order valence-electron chi connectivity index (χ3n) is 3.84. The summed E-state index contributed by atoms with van der Waals surface area (Å²) in [5.74, 6) is 0. The van der Waals surface area contributed by atoms with E-state index in [2.05, 4.69) is 38.1 Å². The summed E-state index contributed by atoms with van der Waals surface area (Å²) in [7, 11) is 0. The Morgan fingerprint density at radius 2 is 1.94 bits per heavy atom. The van der Waals surface area contributed by atoms with Crippen LogP contribution in [0.1, 0.15) is 43.8 Å². The molecule has 18 heavy (non-hydrogen) atoms. The number of fused-ring (bicyclic) bond motifs is 1. The molecule has 0 fully saturated rings. The summed E-state index contributed by atoms with van der Waals surface area (Å²) < 4.78 is 0. The van der Waals surface area contributed by atoms with Crippen molar-refractivity contribution >= 4 is 22.9 Å². The predicted molar refractivity (Wildman–Crippen MR) is 80.0 cm³/mol. The Balaban J connectivity index is 1.93. The molecule has 94 valence electrons. The van der Waals surface area contributed by atoms with E-state index < -0.39 is 0 Å². The Hall–Kier alpha value is -0.790. The monoisotopic (exact) mass is 276 g/mol. The molecule has 1 atom stereocenters. The number of hydrogen-bond donors (Lipinski definition) is 0. The SMILES string of the molecule is Cc1ccc(C(Cl)c2cc3c(s2)CCC3)cc1C. The lowest BCUT2D eigenvalue weighted by Gasteiger charge is -2.10. The maximum atomic E-state index is 6.63. The Bertz CT molecular complexity index is 561. The van der Waals surface area contributed by atoms with Gasteiger partial charge < -0.3 is 0 Å². The van der Waals surface area contributed by atoms with Gasteiger partial charge in [-0.15, -0.1) is 22.9 Å². The van der Waals surface area contributed by atoms with Crippen LogP contribution < -0.4 is 0 Å². The quantitative estimate of drug-likeness (QED) is 0.663. The van der Waals surface area contributed by atoms with Crippen LogP contribution in [0.4, 0.5) is 0 Å². The van der Waals surface area contributed by atoms with Crippen LogP contribution >= 0.6 is 22.9 Å². The van der Waals surface area contributed by atoms with Crippen molar-refractivity contribution in [3.8, 4) is 0 Å². The van der Waals surface area contributed by atoms with Gasteiger partial charge in [-0.3, -0.25) is 0 Å². The third kappa shape index (κ3) is 2.10. The predicted octanol–water partition coefficient (Wildman–Crippen LogP) is 5.18. The zero-order chi connectivity index (χ0) is 12.7. The summed E-state index contributed by atoms with van der Waals surface area (Å²) in [4.78, 5) is 2.86. The maximum Gasteiger partial charge on any atom is 0.0928 e. The van der Waals surface area contributed by atoms with Gasteiger partial charge in [-0.2, -0.15) is 0 Å². The Morgan fingerprint density at radius 3 is 2.67 bits per heavy atom. The van der Waals surface area contributed by atoms with Crippen LogP contribution in [-0.4, -0.2) is 0 Å². The molecule has 0 radical (unpaired) electrons. The molecule has 0 bridgehead atoms. The normalized spacial score (nSPS) is 15.7. The van der Waals surface area contributed by atoms with Gasteiger partial charge in [0.2, 0.25) is 0 Å². The Kier molecular flexibility index (Phi) is 3.21. The van der Waals surface area contributed by atoms with Crippen molar-refractivity contribution in [1.82, 2.24) is 0 Å². The van der Waals surface area contributed by atoms with E-state index in [1.165, 1.54) is 46.4 Å². The topological polar surface area (TPSA) is 0 Å². The standard InChI is InChI=1S/C16H17ClS/c1-10-6-7-13(8-11(10)2)16(17)15-9-12-4-3-5-14(12)18-15/h6-9,16H,3-5H2,1-2H3. The van der Waals surface area contributed by atoms with E-state index in [1.807, 2.05) is 11.3 Å². The van der Waals surface area contributed by atoms with Gasteiger partial charge in [0.1, 0.15) is 0 Å². The van der Waals surface area contributed by atoms with Crippen LogP contribution in [0.15, 0.2) is 24.3 Å². The van der Waals surface area contributed by atoms with E-state index in [4.69, 9.17) is 11.6 Å². The van der Waals surface area contributed by atoms with Crippen LogP contribution in [0.3, 0.4) is 0 Å². The Labute approximate surface area is 118 Å². The smallest absolute Gasteiger partial charge is 0.0928 e. The highest BCUT2D eigenvalue weighted by atomic mass is 35.5. The van der Waals surface area contributed by atoms with Crippen molar-refractivity contribution in [3.05, 3.63) is 56.3 Å². The molecule has 0 spiro atoms. The first-order chi connectivity index (χ1) is 8.65. The molecule has 0 saturated carbocycles. The summed E-state index contributed by atoms with van der Waals surface area (Å²) in [6.07, 6.45) is 3.80. The first-order valence-corrected chi connectivity index (χ1v) is 7.73. The molecular formula is C16H17ClS. The lowest BCUT2D eigenvalue weighted by molar-refractivity contribution is 0.913. The molecule has 0 N–H and O–H groups in total. The van der Waals surface area contributed by atoms with E-state index in [-0.39, 0.29) is 5.38 Å². The van der Waals surface area contributed by atoms with Gasteiger partial charge >= 0.3 is 0 Å². The van der Waals surface area contributed by atoms with Gasteiger partial charge in [0.15, 0.2) is 0 Å². The molecule has 1 heterocycles. The summed E-state index contributed by atoms with van der Waals surface area (Å²) in [6.45, 7) is 4.29. The van der Waals surface area contributed by atoms with Gasteiger partial charge in [-0.05, 0) is 61.4 Å². The first-order valence-electron chi connectivity index (χ1n) is 6.48. The molecule has 1 aromatic heterocycles. The number of aryl methyl sites for hydroxylation is 4. The average Bonchev–Trinajstić information content (AvgIpc) is 2.92. The second-order valence-electron chi connectivity index (χ2n) is 5.16. The highest BCUT2D eigenvalue weighted by Crippen LogP contribution is 2.39. The van der Waals surface area contributed by atoms with Gasteiger partial charge in [0, 0.05) is 9.75 Å². The van der Waals surface area contributed by atoms with E-state index in [0.717, 1.165) is 0 Å². The van der Waals surface area contributed by atoms with Crippen molar-refractivity contribution < 1.29 is 0 Å². The first kappa shape index (κ1) is 12.3. The maximum absolute atomic E-state index is 6.63. The zero-order valence-corrected chi connectivity index (χ0v) is 12.4. The summed E-state index contributed by atoms with van der Waals surface area (Å²) in [5.41, 5.74) is 5.41. The fourth-order valence-corrected chi connectivity index (χ4v) is 4.16. The van der Waals surface area contributed by atoms with Crippen LogP contribution in [-0.2, 0) is 12.8 Å². The zero-order valence-electron chi connectivity index (χ0n) is 10.8. The molecule has 2 aromatic rings. The number of rotatable bonds is 2. The lowest BCUT2D eigenvalue weighted by atomic mass is 10.0. The highest BCUT2D eigenvalue weighted by Gasteiger charge is 2.20. The number of halogens is 1. The molecule has 0 nitrogen and oxygen atoms in total. The Morgan fingerprint density at radius 1 is 1.11 bits per heavy atom. The van der Waals surface area contributed by atoms with E-state index in [9.17, 15) is 0 Å². The largest absolute Gasteiger partial charge is 0.143 e. The van der Waals surface area contributed by atoms with Crippen molar-refractivity contribution in [3.63, 3.8) is 0 Å².